The van der Waals surface area contributed by atoms with Crippen LogP contribution in [0.15, 0.2) is 66.7 Å². The van der Waals surface area contributed by atoms with Crippen LogP contribution in [0.4, 0.5) is 10.8 Å². The highest BCUT2D eigenvalue weighted by Gasteiger charge is 2.17. The van der Waals surface area contributed by atoms with E-state index in [-0.39, 0.29) is 11.6 Å². The summed E-state index contributed by atoms with van der Waals surface area (Å²) in [5.41, 5.74) is 5.77. The van der Waals surface area contributed by atoms with Crippen molar-refractivity contribution in [3.8, 4) is 11.3 Å². The van der Waals surface area contributed by atoms with Crippen molar-refractivity contribution in [2.75, 3.05) is 5.32 Å². The van der Waals surface area contributed by atoms with Crippen LogP contribution in [-0.2, 0) is 0 Å². The number of hydrogen-bond donors (Lipinski definition) is 1. The van der Waals surface area contributed by atoms with Gasteiger partial charge in [-0.1, -0.05) is 41.7 Å². The number of nitro groups is 1. The standard InChI is InChI=1S/C25H18N4O3S/c1-14-7-8-16(11-15(14)2)22-13-19(18-5-3-4-6-20(18)26-22)24(30)28-25-27-21-10-9-17(29(31)32)12-23(21)33-25/h3-13H,1-2H3,(H,27,28,30). The Morgan fingerprint density at radius 1 is 0.939 bits per heavy atom. The monoisotopic (exact) mass is 454 g/mol. The molecule has 0 aliphatic heterocycles. The topological polar surface area (TPSA) is 98.0 Å². The highest BCUT2D eigenvalue weighted by molar-refractivity contribution is 7.22. The molecule has 162 valence electrons. The lowest BCUT2D eigenvalue weighted by Gasteiger charge is -2.11. The van der Waals surface area contributed by atoms with Crippen molar-refractivity contribution in [1.82, 2.24) is 9.97 Å². The molecule has 0 radical (unpaired) electrons. The van der Waals surface area contributed by atoms with Crippen molar-refractivity contribution in [2.24, 2.45) is 0 Å². The molecule has 5 rings (SSSR count). The Kier molecular flexibility index (Phi) is 5.07. The van der Waals surface area contributed by atoms with Crippen molar-refractivity contribution in [3.05, 3.63) is 93.5 Å². The molecule has 1 N–H and O–H groups in total. The molecule has 2 heterocycles. The maximum absolute atomic E-state index is 13.3. The first kappa shape index (κ1) is 20.7. The fraction of sp³-hybridized carbons (Fsp3) is 0.0800. The number of aryl methyl sites for hydroxylation is 2. The Morgan fingerprint density at radius 3 is 2.55 bits per heavy atom. The number of non-ortho nitro benzene ring substituents is 1. The molecular formula is C25H18N4O3S. The average Bonchev–Trinajstić information content (AvgIpc) is 3.21. The molecule has 0 aliphatic carbocycles. The quantitative estimate of drug-likeness (QED) is 0.254. The number of benzene rings is 3. The zero-order chi connectivity index (χ0) is 23.1. The van der Waals surface area contributed by atoms with E-state index in [1.54, 1.807) is 12.1 Å². The minimum atomic E-state index is -0.450. The number of thiazole rings is 1. The molecule has 8 heteroatoms. The van der Waals surface area contributed by atoms with E-state index >= 15 is 0 Å². The van der Waals surface area contributed by atoms with Gasteiger partial charge in [0, 0.05) is 23.1 Å². The van der Waals surface area contributed by atoms with Crippen LogP contribution in [0.5, 0.6) is 0 Å². The number of nitro benzene ring substituents is 1. The smallest absolute Gasteiger partial charge is 0.270 e. The molecule has 2 aromatic heterocycles. The van der Waals surface area contributed by atoms with Gasteiger partial charge >= 0.3 is 0 Å². The lowest BCUT2D eigenvalue weighted by atomic mass is 10.0. The molecule has 0 bridgehead atoms. The third kappa shape index (κ3) is 3.92. The number of carbonyl (C=O) groups excluding carboxylic acids is 1. The summed E-state index contributed by atoms with van der Waals surface area (Å²) in [5, 5.41) is 15.0. The summed E-state index contributed by atoms with van der Waals surface area (Å²) >= 11 is 1.20. The lowest BCUT2D eigenvalue weighted by Crippen LogP contribution is -2.13. The Bertz CT molecular complexity index is 1580. The first-order chi connectivity index (χ1) is 15.9. The molecule has 0 aliphatic rings. The number of anilines is 1. The third-order valence-corrected chi connectivity index (χ3v) is 6.50. The van der Waals surface area contributed by atoms with Crippen LogP contribution in [-0.4, -0.2) is 20.8 Å². The van der Waals surface area contributed by atoms with E-state index in [2.05, 4.69) is 23.3 Å². The van der Waals surface area contributed by atoms with Gasteiger partial charge in [0.05, 0.1) is 31.9 Å². The molecule has 7 nitrogen and oxygen atoms in total. The van der Waals surface area contributed by atoms with E-state index in [1.807, 2.05) is 43.3 Å². The number of rotatable bonds is 4. The SMILES string of the molecule is Cc1ccc(-c2cc(C(=O)Nc3nc4ccc([N+](=O)[O-])cc4s3)c3ccccc3n2)cc1C. The maximum Gasteiger partial charge on any atom is 0.270 e. The van der Waals surface area contributed by atoms with Crippen LogP contribution >= 0.6 is 11.3 Å². The van der Waals surface area contributed by atoms with E-state index < -0.39 is 4.92 Å². The molecule has 0 saturated carbocycles. The number of carbonyl (C=O) groups is 1. The van der Waals surface area contributed by atoms with E-state index in [1.165, 1.54) is 29.0 Å². The number of nitrogens with zero attached hydrogens (tertiary/aromatic N) is 3. The molecular weight excluding hydrogens is 436 g/mol. The zero-order valence-electron chi connectivity index (χ0n) is 17.8. The van der Waals surface area contributed by atoms with Gasteiger partial charge in [-0.2, -0.15) is 0 Å². The summed E-state index contributed by atoms with van der Waals surface area (Å²) in [6.45, 7) is 4.10. The maximum atomic E-state index is 13.3. The average molecular weight is 455 g/mol. The van der Waals surface area contributed by atoms with Crippen LogP contribution in [0.2, 0.25) is 0 Å². The van der Waals surface area contributed by atoms with Gasteiger partial charge in [-0.05, 0) is 49.2 Å². The highest BCUT2D eigenvalue weighted by atomic mass is 32.1. The second-order valence-electron chi connectivity index (χ2n) is 7.75. The Morgan fingerprint density at radius 2 is 1.76 bits per heavy atom. The number of hydrogen-bond acceptors (Lipinski definition) is 6. The van der Waals surface area contributed by atoms with Gasteiger partial charge < -0.3 is 0 Å². The predicted molar refractivity (Wildman–Crippen MR) is 131 cm³/mol. The summed E-state index contributed by atoms with van der Waals surface area (Å²) in [4.78, 5) is 33.1. The van der Waals surface area contributed by atoms with E-state index in [4.69, 9.17) is 4.98 Å². The molecule has 1 amide bonds. The summed E-state index contributed by atoms with van der Waals surface area (Å²) in [6.07, 6.45) is 0. The Labute approximate surface area is 192 Å². The fourth-order valence-electron chi connectivity index (χ4n) is 3.66. The molecule has 5 aromatic rings. The van der Waals surface area contributed by atoms with E-state index in [0.29, 0.717) is 26.6 Å². The number of amides is 1. The second-order valence-corrected chi connectivity index (χ2v) is 8.78. The van der Waals surface area contributed by atoms with E-state index in [9.17, 15) is 14.9 Å². The molecule has 0 atom stereocenters. The molecule has 0 spiro atoms. The number of nitrogens with one attached hydrogen (secondary N) is 1. The largest absolute Gasteiger partial charge is 0.298 e. The van der Waals surface area contributed by atoms with Gasteiger partial charge in [0.1, 0.15) is 0 Å². The van der Waals surface area contributed by atoms with Crippen molar-refractivity contribution in [2.45, 2.75) is 13.8 Å². The van der Waals surface area contributed by atoms with Crippen LogP contribution in [0, 0.1) is 24.0 Å². The van der Waals surface area contributed by atoms with Crippen molar-refractivity contribution < 1.29 is 9.72 Å². The number of pyridine rings is 1. The highest BCUT2D eigenvalue weighted by Crippen LogP contribution is 2.31. The van der Waals surface area contributed by atoms with Gasteiger partial charge in [-0.3, -0.25) is 20.2 Å². The molecule has 0 fully saturated rings. The van der Waals surface area contributed by atoms with Crippen LogP contribution in [0.1, 0.15) is 21.5 Å². The Balaban J connectivity index is 1.55. The summed E-state index contributed by atoms with van der Waals surface area (Å²) in [7, 11) is 0. The predicted octanol–water partition coefficient (Wildman–Crippen LogP) is 6.29. The zero-order valence-corrected chi connectivity index (χ0v) is 18.6. The van der Waals surface area contributed by atoms with Crippen molar-refractivity contribution in [3.63, 3.8) is 0 Å². The van der Waals surface area contributed by atoms with Crippen LogP contribution in [0.25, 0.3) is 32.4 Å². The van der Waals surface area contributed by atoms with Gasteiger partial charge in [-0.15, -0.1) is 0 Å². The Hall–Kier alpha value is -4.17. The van der Waals surface area contributed by atoms with Crippen molar-refractivity contribution in [1.29, 1.82) is 0 Å². The third-order valence-electron chi connectivity index (χ3n) is 5.57. The van der Waals surface area contributed by atoms with Gasteiger partial charge in [0.25, 0.3) is 11.6 Å². The summed E-state index contributed by atoms with van der Waals surface area (Å²) < 4.78 is 0.634. The fourth-order valence-corrected chi connectivity index (χ4v) is 4.55. The van der Waals surface area contributed by atoms with Crippen LogP contribution in [0.3, 0.4) is 0 Å². The number of aromatic nitrogens is 2. The first-order valence-corrected chi connectivity index (χ1v) is 11.0. The van der Waals surface area contributed by atoms with Gasteiger partial charge in [-0.25, -0.2) is 9.97 Å². The minimum Gasteiger partial charge on any atom is -0.298 e. The minimum absolute atomic E-state index is 0.0119. The molecule has 3 aromatic carbocycles. The lowest BCUT2D eigenvalue weighted by molar-refractivity contribution is -0.384. The molecule has 0 unspecified atom stereocenters. The van der Waals surface area contributed by atoms with Gasteiger partial charge in [0.2, 0.25) is 0 Å². The van der Waals surface area contributed by atoms with E-state index in [0.717, 1.165) is 22.0 Å². The molecule has 33 heavy (non-hydrogen) atoms. The molecule has 0 saturated heterocycles. The summed E-state index contributed by atoms with van der Waals surface area (Å²) in [5.74, 6) is -0.313. The number of para-hydroxylation sites is 1. The van der Waals surface area contributed by atoms with Gasteiger partial charge in [0.15, 0.2) is 5.13 Å². The first-order valence-electron chi connectivity index (χ1n) is 10.2. The van der Waals surface area contributed by atoms with Crippen LogP contribution < -0.4 is 5.32 Å². The normalized spacial score (nSPS) is 11.1. The second kappa shape index (κ2) is 8.07. The van der Waals surface area contributed by atoms with Crippen molar-refractivity contribution >= 4 is 49.2 Å². The number of fused-ring (bicyclic) bond motifs is 2. The summed E-state index contributed by atoms with van der Waals surface area (Å²) in [6, 6.07) is 19.9.